The zero-order chi connectivity index (χ0) is 14.8. The monoisotopic (exact) mass is 263 g/mol. The van der Waals surface area contributed by atoms with Gasteiger partial charge in [0.25, 0.3) is 0 Å². The molecule has 2 N–H and O–H groups in total. The van der Waals surface area contributed by atoms with Crippen molar-refractivity contribution >= 4 is 25.0 Å². The van der Waals surface area contributed by atoms with Crippen LogP contribution in [-0.2, 0) is 14.3 Å². The molecule has 1 atom stereocenters. The van der Waals surface area contributed by atoms with Gasteiger partial charge in [0.05, 0.1) is 12.7 Å². The lowest BCUT2D eigenvalue weighted by Gasteiger charge is -2.28. The number of carbonyl (C=O) groups excluding carboxylic acids is 1. The Morgan fingerprint density at radius 3 is 2.42 bits per heavy atom. The number of nitrogens with two attached hydrogens (primary N) is 1. The van der Waals surface area contributed by atoms with Crippen molar-refractivity contribution in [2.24, 2.45) is 0 Å². The van der Waals surface area contributed by atoms with Crippen LogP contribution in [0.1, 0.15) is 38.0 Å². The van der Waals surface area contributed by atoms with E-state index in [1.165, 1.54) is 7.11 Å². The van der Waals surface area contributed by atoms with E-state index in [-0.39, 0.29) is 0 Å². The molecule has 0 aliphatic carbocycles. The first kappa shape index (κ1) is 15.6. The molecule has 1 aromatic carbocycles. The predicted molar refractivity (Wildman–Crippen MR) is 79.4 cm³/mol. The smallest absolute Gasteiger partial charge is 0.339 e. The van der Waals surface area contributed by atoms with Gasteiger partial charge in [-0.2, -0.15) is 0 Å². The van der Waals surface area contributed by atoms with Gasteiger partial charge in [-0.15, -0.1) is 0 Å². The second-order valence-electron chi connectivity index (χ2n) is 5.64. The Morgan fingerprint density at radius 2 is 1.95 bits per heavy atom. The summed E-state index contributed by atoms with van der Waals surface area (Å²) in [6.07, 6.45) is -0.756. The third kappa shape index (κ3) is 3.74. The van der Waals surface area contributed by atoms with E-state index >= 15 is 0 Å². The number of anilines is 1. The lowest BCUT2D eigenvalue weighted by Crippen LogP contribution is -2.32. The highest BCUT2D eigenvalue weighted by molar-refractivity contribution is 6.34. The molecule has 0 heterocycles. The molecule has 1 rings (SSSR count). The van der Waals surface area contributed by atoms with Crippen LogP contribution in [0, 0.1) is 6.92 Å². The van der Waals surface area contributed by atoms with E-state index in [0.717, 1.165) is 16.6 Å². The summed E-state index contributed by atoms with van der Waals surface area (Å²) in [5.74, 6) is -0.410. The van der Waals surface area contributed by atoms with Crippen LogP contribution in [0.5, 0.6) is 0 Å². The second-order valence-corrected chi connectivity index (χ2v) is 5.64. The number of ether oxygens (including phenoxy) is 2. The van der Waals surface area contributed by atoms with Crippen LogP contribution in [0.15, 0.2) is 12.1 Å². The normalized spacial score (nSPS) is 13.1. The van der Waals surface area contributed by atoms with Crippen LogP contribution in [0.25, 0.3) is 0 Å². The van der Waals surface area contributed by atoms with E-state index in [9.17, 15) is 4.79 Å². The maximum absolute atomic E-state index is 12.0. The van der Waals surface area contributed by atoms with Gasteiger partial charge in [-0.3, -0.25) is 0 Å². The Labute approximate surface area is 115 Å². The molecule has 0 amide bonds. The molecule has 4 nitrogen and oxygen atoms in total. The molecule has 0 fully saturated rings. The van der Waals surface area contributed by atoms with E-state index in [4.69, 9.17) is 15.2 Å². The van der Waals surface area contributed by atoms with Gasteiger partial charge < -0.3 is 15.2 Å². The molecule has 0 bridgehead atoms. The van der Waals surface area contributed by atoms with Gasteiger partial charge in [-0.25, -0.2) is 4.79 Å². The predicted octanol–water partition coefficient (Wildman–Crippen LogP) is 0.865. The molecule has 0 radical (unpaired) electrons. The van der Waals surface area contributed by atoms with Crippen molar-refractivity contribution in [2.45, 2.75) is 39.4 Å². The van der Waals surface area contributed by atoms with Crippen LogP contribution in [0.2, 0.25) is 0 Å². The lowest BCUT2D eigenvalue weighted by atomic mass is 9.84. The Bertz CT molecular complexity index is 480. The summed E-state index contributed by atoms with van der Waals surface area (Å²) in [7, 11) is 3.29. The Balaban J connectivity index is 3.33. The minimum Gasteiger partial charge on any atom is -0.467 e. The molecule has 0 saturated carbocycles. The third-order valence-corrected chi connectivity index (χ3v) is 2.92. The molecule has 1 unspecified atom stereocenters. The molecule has 0 aliphatic heterocycles. The fourth-order valence-electron chi connectivity index (χ4n) is 1.97. The van der Waals surface area contributed by atoms with Gasteiger partial charge in [0.1, 0.15) is 7.85 Å². The summed E-state index contributed by atoms with van der Waals surface area (Å²) >= 11 is 0. The molecule has 0 spiro atoms. The van der Waals surface area contributed by atoms with Crippen LogP contribution >= 0.6 is 0 Å². The number of esters is 1. The SMILES string of the molecule is Bc1ccc(N)c(C)c1C(OC(C)(C)C)C(=O)OC. The number of hydrogen-bond acceptors (Lipinski definition) is 4. The maximum Gasteiger partial charge on any atom is 0.339 e. The minimum atomic E-state index is -0.756. The Morgan fingerprint density at radius 1 is 1.37 bits per heavy atom. The molecular weight excluding hydrogens is 241 g/mol. The van der Waals surface area contributed by atoms with Crippen LogP contribution in [-0.4, -0.2) is 26.5 Å². The molecule has 5 heteroatoms. The highest BCUT2D eigenvalue weighted by Crippen LogP contribution is 2.28. The van der Waals surface area contributed by atoms with E-state index in [1.54, 1.807) is 0 Å². The number of carbonyl (C=O) groups is 1. The molecular formula is C14H22BNO3. The van der Waals surface area contributed by atoms with Crippen molar-refractivity contribution in [1.29, 1.82) is 0 Å². The second kappa shape index (κ2) is 5.65. The zero-order valence-corrected chi connectivity index (χ0v) is 12.5. The summed E-state index contributed by atoms with van der Waals surface area (Å²) in [5, 5.41) is 0. The molecule has 104 valence electrons. The minimum absolute atomic E-state index is 0.410. The van der Waals surface area contributed by atoms with Gasteiger partial charge in [-0.05, 0) is 44.9 Å². The van der Waals surface area contributed by atoms with Crippen molar-refractivity contribution in [3.63, 3.8) is 0 Å². The maximum atomic E-state index is 12.0. The van der Waals surface area contributed by atoms with Gasteiger partial charge in [0, 0.05) is 5.69 Å². The van der Waals surface area contributed by atoms with Gasteiger partial charge in [0.15, 0.2) is 6.10 Å². The van der Waals surface area contributed by atoms with Gasteiger partial charge >= 0.3 is 5.97 Å². The fraction of sp³-hybridized carbons (Fsp3) is 0.500. The lowest BCUT2D eigenvalue weighted by molar-refractivity contribution is -0.164. The Kier molecular flexibility index (Phi) is 4.63. The fourth-order valence-corrected chi connectivity index (χ4v) is 1.97. The van der Waals surface area contributed by atoms with E-state index in [1.807, 2.05) is 47.7 Å². The molecule has 0 aliphatic rings. The van der Waals surface area contributed by atoms with Crippen molar-refractivity contribution < 1.29 is 14.3 Å². The Hall–Kier alpha value is -1.49. The van der Waals surface area contributed by atoms with Crippen molar-refractivity contribution in [3.05, 3.63) is 23.3 Å². The topological polar surface area (TPSA) is 61.5 Å². The van der Waals surface area contributed by atoms with Crippen LogP contribution in [0.3, 0.4) is 0 Å². The van der Waals surface area contributed by atoms with Crippen molar-refractivity contribution in [1.82, 2.24) is 0 Å². The van der Waals surface area contributed by atoms with Gasteiger partial charge in [-0.1, -0.05) is 11.5 Å². The highest BCUT2D eigenvalue weighted by Gasteiger charge is 2.30. The van der Waals surface area contributed by atoms with Crippen molar-refractivity contribution in [3.8, 4) is 0 Å². The highest BCUT2D eigenvalue weighted by atomic mass is 16.6. The van der Waals surface area contributed by atoms with Crippen LogP contribution in [0.4, 0.5) is 5.69 Å². The summed E-state index contributed by atoms with van der Waals surface area (Å²) in [6, 6.07) is 3.72. The number of hydrogen-bond donors (Lipinski definition) is 1. The largest absolute Gasteiger partial charge is 0.467 e. The third-order valence-electron chi connectivity index (χ3n) is 2.92. The summed E-state index contributed by atoms with van der Waals surface area (Å²) in [6.45, 7) is 7.60. The first-order chi connectivity index (χ1) is 8.67. The average Bonchev–Trinajstić information content (AvgIpc) is 2.30. The number of methoxy groups -OCH3 is 1. The first-order valence-electron chi connectivity index (χ1n) is 6.28. The number of nitrogen functional groups attached to an aromatic ring is 1. The molecule has 0 saturated heterocycles. The van der Waals surface area contributed by atoms with E-state index < -0.39 is 17.7 Å². The summed E-state index contributed by atoms with van der Waals surface area (Å²) in [4.78, 5) is 12.0. The molecule has 19 heavy (non-hydrogen) atoms. The van der Waals surface area contributed by atoms with E-state index in [0.29, 0.717) is 5.69 Å². The summed E-state index contributed by atoms with van der Waals surface area (Å²) < 4.78 is 10.7. The summed E-state index contributed by atoms with van der Waals surface area (Å²) in [5.41, 5.74) is 8.73. The molecule has 1 aromatic rings. The quantitative estimate of drug-likeness (QED) is 0.499. The van der Waals surface area contributed by atoms with E-state index in [2.05, 4.69) is 0 Å². The molecule has 0 aromatic heterocycles. The number of rotatable bonds is 3. The standard InChI is InChI=1S/C14H22BNO3/c1-8-10(16)7-6-9(15)11(8)12(13(17)18-5)19-14(2,3)4/h6-7,12H,15-16H2,1-5H3. The van der Waals surface area contributed by atoms with Gasteiger partial charge in [0.2, 0.25) is 0 Å². The first-order valence-corrected chi connectivity index (χ1v) is 6.28. The van der Waals surface area contributed by atoms with Crippen molar-refractivity contribution in [2.75, 3.05) is 12.8 Å². The number of benzene rings is 1. The average molecular weight is 263 g/mol. The zero-order valence-electron chi connectivity index (χ0n) is 12.5. The van der Waals surface area contributed by atoms with Crippen LogP contribution < -0.4 is 11.2 Å².